The van der Waals surface area contributed by atoms with Crippen LogP contribution in [0.2, 0.25) is 5.02 Å². The van der Waals surface area contributed by atoms with Gasteiger partial charge in [-0.1, -0.05) is 31.5 Å². The summed E-state index contributed by atoms with van der Waals surface area (Å²) in [6.45, 7) is 10.4. The Labute approximate surface area is 121 Å². The molecular formula is C15H23ClN2O. The van der Waals surface area contributed by atoms with E-state index in [9.17, 15) is 0 Å². The number of aromatic nitrogens is 1. The monoisotopic (exact) mass is 282 g/mol. The molecule has 1 aromatic rings. The molecule has 106 valence electrons. The van der Waals surface area contributed by atoms with Gasteiger partial charge in [0.15, 0.2) is 0 Å². The molecule has 0 aromatic carbocycles. The van der Waals surface area contributed by atoms with Crippen LogP contribution in [0.5, 0.6) is 5.88 Å². The normalized spacial score (nSPS) is 10.7. The average molecular weight is 283 g/mol. The van der Waals surface area contributed by atoms with E-state index in [-0.39, 0.29) is 0 Å². The Morgan fingerprint density at radius 2 is 2.32 bits per heavy atom. The van der Waals surface area contributed by atoms with Crippen LogP contribution in [0.4, 0.5) is 0 Å². The van der Waals surface area contributed by atoms with Crippen LogP contribution in [0.3, 0.4) is 0 Å². The third kappa shape index (κ3) is 6.60. The van der Waals surface area contributed by atoms with Gasteiger partial charge in [-0.05, 0) is 36.9 Å². The van der Waals surface area contributed by atoms with E-state index in [1.807, 2.05) is 18.3 Å². The first kappa shape index (κ1) is 16.0. The van der Waals surface area contributed by atoms with Crippen molar-refractivity contribution in [2.45, 2.75) is 33.2 Å². The average Bonchev–Trinajstić information content (AvgIpc) is 2.36. The molecule has 1 aromatic heterocycles. The molecule has 0 aliphatic rings. The zero-order valence-electron chi connectivity index (χ0n) is 11.8. The standard InChI is InChI=1S/C15H23ClN2O/c1-4-5-6-7-19-15-14(16)8-13(11-18-15)10-17-9-12(2)3/h4,8,11-12,17H,1,5-7,9-10H2,2-3H3. The number of rotatable bonds is 9. The van der Waals surface area contributed by atoms with Crippen LogP contribution in [-0.2, 0) is 6.54 Å². The molecule has 1 N–H and O–H groups in total. The van der Waals surface area contributed by atoms with Gasteiger partial charge in [-0.3, -0.25) is 0 Å². The molecule has 0 aliphatic carbocycles. The molecule has 1 rings (SSSR count). The lowest BCUT2D eigenvalue weighted by Crippen LogP contribution is -2.19. The third-order valence-corrected chi connectivity index (χ3v) is 2.81. The molecule has 3 nitrogen and oxygen atoms in total. The summed E-state index contributed by atoms with van der Waals surface area (Å²) in [7, 11) is 0. The molecule has 19 heavy (non-hydrogen) atoms. The number of nitrogens with one attached hydrogen (secondary N) is 1. The number of unbranched alkanes of at least 4 members (excludes halogenated alkanes) is 1. The van der Waals surface area contributed by atoms with E-state index in [2.05, 4.69) is 30.7 Å². The fourth-order valence-corrected chi connectivity index (χ4v) is 1.81. The largest absolute Gasteiger partial charge is 0.477 e. The predicted octanol–water partition coefficient (Wildman–Crippen LogP) is 3.83. The quantitative estimate of drug-likeness (QED) is 0.552. The van der Waals surface area contributed by atoms with Gasteiger partial charge in [-0.25, -0.2) is 4.98 Å². The Bertz CT molecular complexity index is 394. The molecule has 0 radical (unpaired) electrons. The third-order valence-electron chi connectivity index (χ3n) is 2.54. The van der Waals surface area contributed by atoms with Gasteiger partial charge in [-0.15, -0.1) is 6.58 Å². The van der Waals surface area contributed by atoms with Gasteiger partial charge < -0.3 is 10.1 Å². The van der Waals surface area contributed by atoms with E-state index in [1.54, 1.807) is 0 Å². The summed E-state index contributed by atoms with van der Waals surface area (Å²) in [6, 6.07) is 1.91. The van der Waals surface area contributed by atoms with Gasteiger partial charge in [0, 0.05) is 12.7 Å². The van der Waals surface area contributed by atoms with Gasteiger partial charge >= 0.3 is 0 Å². The Morgan fingerprint density at radius 1 is 1.53 bits per heavy atom. The first-order valence-corrected chi connectivity index (χ1v) is 7.10. The summed E-state index contributed by atoms with van der Waals surface area (Å²) in [6.07, 6.45) is 5.55. The minimum atomic E-state index is 0.512. The number of allylic oxidation sites excluding steroid dienone is 1. The van der Waals surface area contributed by atoms with Crippen molar-refractivity contribution in [2.24, 2.45) is 5.92 Å². The second-order valence-corrected chi connectivity index (χ2v) is 5.34. The predicted molar refractivity (Wildman–Crippen MR) is 80.7 cm³/mol. The van der Waals surface area contributed by atoms with Gasteiger partial charge in [0.2, 0.25) is 5.88 Å². The van der Waals surface area contributed by atoms with E-state index in [1.165, 1.54) is 0 Å². The Balaban J connectivity index is 2.42. The Morgan fingerprint density at radius 3 is 2.95 bits per heavy atom. The maximum atomic E-state index is 6.15. The number of hydrogen-bond acceptors (Lipinski definition) is 3. The van der Waals surface area contributed by atoms with E-state index in [0.29, 0.717) is 23.4 Å². The molecule has 0 spiro atoms. The molecule has 0 unspecified atom stereocenters. The molecule has 0 saturated heterocycles. The van der Waals surface area contributed by atoms with Crippen molar-refractivity contribution in [3.8, 4) is 5.88 Å². The lowest BCUT2D eigenvalue weighted by molar-refractivity contribution is 0.300. The number of hydrogen-bond donors (Lipinski definition) is 1. The summed E-state index contributed by atoms with van der Waals surface area (Å²) in [5.74, 6) is 1.15. The summed E-state index contributed by atoms with van der Waals surface area (Å²) >= 11 is 6.15. The van der Waals surface area contributed by atoms with Gasteiger partial charge in [-0.2, -0.15) is 0 Å². The van der Waals surface area contributed by atoms with Gasteiger partial charge in [0.05, 0.1) is 6.61 Å². The highest BCUT2D eigenvalue weighted by Gasteiger charge is 2.05. The van der Waals surface area contributed by atoms with Crippen LogP contribution in [0, 0.1) is 5.92 Å². The molecule has 0 amide bonds. The maximum absolute atomic E-state index is 6.15. The smallest absolute Gasteiger partial charge is 0.232 e. The summed E-state index contributed by atoms with van der Waals surface area (Å²) < 4.78 is 5.53. The fourth-order valence-electron chi connectivity index (χ4n) is 1.57. The van der Waals surface area contributed by atoms with Crippen LogP contribution in [0.25, 0.3) is 0 Å². The molecule has 0 saturated carbocycles. The van der Waals surface area contributed by atoms with Crippen molar-refractivity contribution >= 4 is 11.6 Å². The maximum Gasteiger partial charge on any atom is 0.232 e. The van der Waals surface area contributed by atoms with Gasteiger partial charge in [0.25, 0.3) is 0 Å². The highest BCUT2D eigenvalue weighted by Crippen LogP contribution is 2.22. The zero-order valence-corrected chi connectivity index (χ0v) is 12.5. The SMILES string of the molecule is C=CCCCOc1ncc(CNCC(C)C)cc1Cl. The van der Waals surface area contributed by atoms with Crippen molar-refractivity contribution < 1.29 is 4.74 Å². The second kappa shape index (κ2) is 8.94. The van der Waals surface area contributed by atoms with Crippen molar-refractivity contribution in [1.82, 2.24) is 10.3 Å². The van der Waals surface area contributed by atoms with E-state index >= 15 is 0 Å². The molecule has 4 heteroatoms. The fraction of sp³-hybridized carbons (Fsp3) is 0.533. The number of ether oxygens (including phenoxy) is 1. The Hall–Kier alpha value is -1.06. The first-order valence-electron chi connectivity index (χ1n) is 6.72. The second-order valence-electron chi connectivity index (χ2n) is 4.93. The highest BCUT2D eigenvalue weighted by molar-refractivity contribution is 6.31. The lowest BCUT2D eigenvalue weighted by atomic mass is 10.2. The molecule has 0 bridgehead atoms. The van der Waals surface area contributed by atoms with Crippen LogP contribution < -0.4 is 10.1 Å². The van der Waals surface area contributed by atoms with Crippen molar-refractivity contribution in [2.75, 3.05) is 13.2 Å². The van der Waals surface area contributed by atoms with Crippen LogP contribution >= 0.6 is 11.6 Å². The van der Waals surface area contributed by atoms with Crippen LogP contribution in [0.1, 0.15) is 32.3 Å². The van der Waals surface area contributed by atoms with E-state index in [4.69, 9.17) is 16.3 Å². The van der Waals surface area contributed by atoms with Crippen LogP contribution in [-0.4, -0.2) is 18.1 Å². The summed E-state index contributed by atoms with van der Waals surface area (Å²) in [4.78, 5) is 4.25. The topological polar surface area (TPSA) is 34.1 Å². The van der Waals surface area contributed by atoms with E-state index < -0.39 is 0 Å². The Kier molecular flexibility index (Phi) is 7.53. The van der Waals surface area contributed by atoms with Crippen molar-refractivity contribution in [3.63, 3.8) is 0 Å². The summed E-state index contributed by atoms with van der Waals surface area (Å²) in [5.41, 5.74) is 1.07. The summed E-state index contributed by atoms with van der Waals surface area (Å²) in [5, 5.41) is 3.93. The van der Waals surface area contributed by atoms with E-state index in [0.717, 1.165) is 31.5 Å². The minimum absolute atomic E-state index is 0.512. The molecule has 0 aliphatic heterocycles. The molecular weight excluding hydrogens is 260 g/mol. The van der Waals surface area contributed by atoms with Gasteiger partial charge in [0.1, 0.15) is 5.02 Å². The molecule has 0 atom stereocenters. The minimum Gasteiger partial charge on any atom is -0.477 e. The number of pyridine rings is 1. The number of nitrogens with zero attached hydrogens (tertiary/aromatic N) is 1. The van der Waals surface area contributed by atoms with Crippen molar-refractivity contribution in [1.29, 1.82) is 0 Å². The van der Waals surface area contributed by atoms with Crippen LogP contribution in [0.15, 0.2) is 24.9 Å². The van der Waals surface area contributed by atoms with Crippen molar-refractivity contribution in [3.05, 3.63) is 35.5 Å². The lowest BCUT2D eigenvalue weighted by Gasteiger charge is -2.10. The number of halogens is 1. The zero-order chi connectivity index (χ0) is 14.1. The first-order chi connectivity index (χ1) is 9.13. The molecule has 0 fully saturated rings. The highest BCUT2D eigenvalue weighted by atomic mass is 35.5. The molecule has 1 heterocycles.